The van der Waals surface area contributed by atoms with E-state index in [2.05, 4.69) is 39.8 Å². The van der Waals surface area contributed by atoms with E-state index in [9.17, 15) is 25.9 Å². The molecule has 0 saturated carbocycles. The molecule has 4 aromatic carbocycles. The minimum absolute atomic E-state index is 0. The Morgan fingerprint density at radius 1 is 0.338 bits per heavy atom. The standard InChI is InChI=1S/2C28H44O3S.Pb/c2*1-3-5-7-9-11-13-15-17-24-19-22-27-26(23-24)21-20-25(28(27)32(29,30)31)18-16-14-12-10-8-6-4-2;/h2*19-23H,3-18H2,1-2H3,(H,29,30,31);/q;;+2/p-2. The largest absolute Gasteiger partial charge is 2.00 e. The normalized spacial score (nSPS) is 11.8. The molecule has 0 aliphatic carbocycles. The first kappa shape index (κ1) is 59.3. The zero-order chi connectivity index (χ0) is 46.5. The first-order chi connectivity index (χ1) is 30.9. The van der Waals surface area contributed by atoms with Crippen LogP contribution in [0.3, 0.4) is 0 Å². The second-order valence-electron chi connectivity index (χ2n) is 18.6. The van der Waals surface area contributed by atoms with Gasteiger partial charge in [0, 0.05) is 0 Å². The van der Waals surface area contributed by atoms with Crippen molar-refractivity contribution in [3.8, 4) is 0 Å². The van der Waals surface area contributed by atoms with E-state index < -0.39 is 20.2 Å². The van der Waals surface area contributed by atoms with Gasteiger partial charge in [-0.05, 0) is 95.2 Å². The minimum atomic E-state index is -4.51. The van der Waals surface area contributed by atoms with E-state index in [4.69, 9.17) is 0 Å². The van der Waals surface area contributed by atoms with E-state index in [-0.39, 0.29) is 37.1 Å². The summed E-state index contributed by atoms with van der Waals surface area (Å²) >= 11 is 0. The molecular formula is C56H86O6PbS2. The van der Waals surface area contributed by atoms with Crippen LogP contribution in [0.5, 0.6) is 0 Å². The number of benzene rings is 4. The van der Waals surface area contributed by atoms with Crippen LogP contribution >= 0.6 is 0 Å². The average molecular weight is 1130 g/mol. The molecule has 0 fully saturated rings. The van der Waals surface area contributed by atoms with Gasteiger partial charge in [0.05, 0.1) is 9.79 Å². The van der Waals surface area contributed by atoms with Crippen molar-refractivity contribution >= 4 is 69.1 Å². The molecule has 2 radical (unpaired) electrons. The van der Waals surface area contributed by atoms with Crippen molar-refractivity contribution in [2.24, 2.45) is 0 Å². The molecule has 0 atom stereocenters. The van der Waals surface area contributed by atoms with Crippen LogP contribution in [0.2, 0.25) is 0 Å². The minimum Gasteiger partial charge on any atom is -0.744 e. The van der Waals surface area contributed by atoms with Crippen LogP contribution in [-0.2, 0) is 45.9 Å². The van der Waals surface area contributed by atoms with Crippen LogP contribution in [0.15, 0.2) is 70.5 Å². The van der Waals surface area contributed by atoms with Gasteiger partial charge in [-0.1, -0.05) is 242 Å². The number of fused-ring (bicyclic) bond motifs is 2. The molecule has 0 unspecified atom stereocenters. The maximum absolute atomic E-state index is 12.1. The van der Waals surface area contributed by atoms with E-state index >= 15 is 0 Å². The van der Waals surface area contributed by atoms with Crippen molar-refractivity contribution < 1.29 is 25.9 Å². The summed E-state index contributed by atoms with van der Waals surface area (Å²) in [5.74, 6) is 0. The molecule has 0 saturated heterocycles. The van der Waals surface area contributed by atoms with Crippen LogP contribution in [0, 0.1) is 0 Å². The molecular weight excluding hydrogens is 1040 g/mol. The van der Waals surface area contributed by atoms with Crippen molar-refractivity contribution in [2.75, 3.05) is 0 Å². The summed E-state index contributed by atoms with van der Waals surface area (Å²) in [4.78, 5) is 0.00640. The van der Waals surface area contributed by atoms with Crippen LogP contribution in [0.1, 0.15) is 230 Å². The molecule has 362 valence electrons. The molecule has 0 N–H and O–H groups in total. The smallest absolute Gasteiger partial charge is 0.744 e. The summed E-state index contributed by atoms with van der Waals surface area (Å²) in [6.07, 6.45) is 37.6. The first-order valence-electron chi connectivity index (χ1n) is 25.9. The van der Waals surface area contributed by atoms with Gasteiger partial charge in [0.15, 0.2) is 0 Å². The Bertz CT molecular complexity index is 1960. The number of aryl methyl sites for hydroxylation is 4. The van der Waals surface area contributed by atoms with Gasteiger partial charge in [-0.25, -0.2) is 16.8 Å². The molecule has 0 aliphatic heterocycles. The third-order valence-corrected chi connectivity index (χ3v) is 14.9. The Morgan fingerprint density at radius 3 is 0.877 bits per heavy atom. The Labute approximate surface area is 418 Å². The van der Waals surface area contributed by atoms with Crippen LogP contribution < -0.4 is 0 Å². The second kappa shape index (κ2) is 34.4. The SMILES string of the molecule is CCCCCCCCCc1ccc2c(S(=O)(=O)[O-])c(CCCCCCCCC)ccc2c1.CCCCCCCCCc1ccc2c(S(=O)(=O)[O-])c(CCCCCCCCC)ccc2c1.[Pb+2]. The molecule has 0 amide bonds. The fraction of sp³-hybridized carbons (Fsp3) is 0.643. The van der Waals surface area contributed by atoms with E-state index in [1.165, 1.54) is 152 Å². The van der Waals surface area contributed by atoms with E-state index in [1.807, 2.05) is 48.5 Å². The number of hydrogen-bond donors (Lipinski definition) is 0. The van der Waals surface area contributed by atoms with E-state index in [0.717, 1.165) is 62.1 Å². The van der Waals surface area contributed by atoms with Crippen molar-refractivity contribution in [2.45, 2.75) is 243 Å². The van der Waals surface area contributed by atoms with Gasteiger partial charge >= 0.3 is 27.3 Å². The molecule has 0 aliphatic rings. The number of hydrogen-bond acceptors (Lipinski definition) is 6. The molecule has 6 nitrogen and oxygen atoms in total. The molecule has 9 heteroatoms. The van der Waals surface area contributed by atoms with E-state index in [1.54, 1.807) is 0 Å². The van der Waals surface area contributed by atoms with Crippen LogP contribution in [0.4, 0.5) is 0 Å². The van der Waals surface area contributed by atoms with Gasteiger partial charge in [-0.15, -0.1) is 0 Å². The van der Waals surface area contributed by atoms with Gasteiger partial charge in [-0.3, -0.25) is 0 Å². The third kappa shape index (κ3) is 23.3. The van der Waals surface area contributed by atoms with Crippen LogP contribution in [-0.4, -0.2) is 53.2 Å². The Kier molecular flexibility index (Phi) is 31.4. The van der Waals surface area contributed by atoms with Gasteiger partial charge in [0.1, 0.15) is 20.2 Å². The maximum Gasteiger partial charge on any atom is 2.00 e. The van der Waals surface area contributed by atoms with Gasteiger partial charge in [0.2, 0.25) is 0 Å². The van der Waals surface area contributed by atoms with Gasteiger partial charge < -0.3 is 9.11 Å². The maximum atomic E-state index is 12.1. The fourth-order valence-corrected chi connectivity index (χ4v) is 11.1. The number of unbranched alkanes of at least 4 members (excludes halogenated alkanes) is 24. The quantitative estimate of drug-likeness (QED) is 0.0261. The molecule has 0 heterocycles. The molecule has 4 aromatic rings. The predicted molar refractivity (Wildman–Crippen MR) is 276 cm³/mol. The van der Waals surface area contributed by atoms with Crippen LogP contribution in [0.25, 0.3) is 21.5 Å². The topological polar surface area (TPSA) is 114 Å². The predicted octanol–water partition coefficient (Wildman–Crippen LogP) is 16.3. The summed E-state index contributed by atoms with van der Waals surface area (Å²) in [5, 5.41) is 2.90. The zero-order valence-electron chi connectivity index (χ0n) is 41.2. The molecule has 0 aromatic heterocycles. The summed E-state index contributed by atoms with van der Waals surface area (Å²) in [7, 11) is -9.02. The fourth-order valence-electron chi connectivity index (χ4n) is 9.20. The van der Waals surface area contributed by atoms with Gasteiger partial charge in [-0.2, -0.15) is 0 Å². The summed E-state index contributed by atoms with van der Waals surface area (Å²) in [5.41, 5.74) is 3.81. The van der Waals surface area contributed by atoms with Crippen molar-refractivity contribution in [3.63, 3.8) is 0 Å². The molecule has 0 spiro atoms. The van der Waals surface area contributed by atoms with Gasteiger partial charge in [0.25, 0.3) is 0 Å². The Hall–Kier alpha value is -1.86. The molecule has 4 rings (SSSR count). The van der Waals surface area contributed by atoms with Crippen molar-refractivity contribution in [1.82, 2.24) is 0 Å². The summed E-state index contributed by atoms with van der Waals surface area (Å²) in [6, 6.07) is 19.6. The van der Waals surface area contributed by atoms with Crippen molar-refractivity contribution in [3.05, 3.63) is 82.9 Å². The monoisotopic (exact) mass is 1130 g/mol. The van der Waals surface area contributed by atoms with E-state index in [0.29, 0.717) is 34.7 Å². The second-order valence-corrected chi connectivity index (χ2v) is 21.2. The molecule has 0 bridgehead atoms. The molecule has 65 heavy (non-hydrogen) atoms. The number of rotatable bonds is 34. The summed E-state index contributed by atoms with van der Waals surface area (Å²) < 4.78 is 72.7. The van der Waals surface area contributed by atoms with Crippen molar-refractivity contribution in [1.29, 1.82) is 0 Å². The average Bonchev–Trinajstić information content (AvgIpc) is 3.26. The zero-order valence-corrected chi connectivity index (χ0v) is 46.7. The third-order valence-electron chi connectivity index (χ3n) is 13.0. The Balaban J connectivity index is 0.000000440. The first-order valence-corrected chi connectivity index (χ1v) is 28.8. The Morgan fingerprint density at radius 2 is 0.600 bits per heavy atom. The summed E-state index contributed by atoms with van der Waals surface area (Å²) in [6.45, 7) is 8.90.